The Balaban J connectivity index is 1.93. The van der Waals surface area contributed by atoms with Crippen molar-refractivity contribution in [2.75, 3.05) is 0 Å². The maximum absolute atomic E-state index is 11.5. The number of ether oxygens (including phenoxy) is 2. The van der Waals surface area contributed by atoms with Crippen LogP contribution in [0.4, 0.5) is 0 Å². The number of hydrogen-bond acceptors (Lipinski definition) is 3. The molecule has 3 aliphatic rings. The van der Waals surface area contributed by atoms with E-state index in [9.17, 15) is 4.79 Å². The van der Waals surface area contributed by atoms with E-state index in [4.69, 9.17) is 9.47 Å². The van der Waals surface area contributed by atoms with Crippen LogP contribution in [0.2, 0.25) is 0 Å². The van der Waals surface area contributed by atoms with Crippen LogP contribution in [-0.2, 0) is 14.3 Å². The molecule has 0 bridgehead atoms. The first-order valence-corrected chi connectivity index (χ1v) is 9.36. The lowest BCUT2D eigenvalue weighted by molar-refractivity contribution is -0.177. The van der Waals surface area contributed by atoms with Crippen molar-refractivity contribution in [3.63, 3.8) is 0 Å². The van der Waals surface area contributed by atoms with Crippen LogP contribution in [0.25, 0.3) is 0 Å². The number of allylic oxidation sites excluding steroid dienone is 2. The van der Waals surface area contributed by atoms with Crippen LogP contribution < -0.4 is 0 Å². The minimum atomic E-state index is -0.454. The Labute approximate surface area is 146 Å². The molecule has 0 unspecified atom stereocenters. The topological polar surface area (TPSA) is 35.5 Å². The number of carbonyl (C=O) groups excluding carboxylic acids is 1. The average Bonchev–Trinajstić information content (AvgIpc) is 3.01. The first-order chi connectivity index (χ1) is 11.1. The van der Waals surface area contributed by atoms with Crippen LogP contribution in [0.3, 0.4) is 0 Å². The third-order valence-electron chi connectivity index (χ3n) is 6.77. The van der Waals surface area contributed by atoms with Crippen molar-refractivity contribution in [3.05, 3.63) is 23.0 Å². The largest absolute Gasteiger partial charge is 0.462 e. The third kappa shape index (κ3) is 2.80. The van der Waals surface area contributed by atoms with Crippen LogP contribution in [0.5, 0.6) is 0 Å². The quantitative estimate of drug-likeness (QED) is 0.504. The summed E-state index contributed by atoms with van der Waals surface area (Å²) < 4.78 is 11.2. The standard InChI is InChI=1S/C21H32O3/c1-13(16-8-7-11-20(16,3)4)17-10-9-15-12-23-19(24-14(2)22)18(15)21(17,5)6/h12,17-19H,7-11H2,1-6H3/b16-13-/t17-,18+,19-/m1/s1. The molecule has 0 amide bonds. The van der Waals surface area contributed by atoms with Crippen molar-refractivity contribution < 1.29 is 14.3 Å². The van der Waals surface area contributed by atoms with Crippen LogP contribution in [0.15, 0.2) is 23.0 Å². The van der Waals surface area contributed by atoms with Gasteiger partial charge in [-0.05, 0) is 61.3 Å². The van der Waals surface area contributed by atoms with Crippen molar-refractivity contribution in [3.8, 4) is 0 Å². The molecule has 3 rings (SSSR count). The molecule has 134 valence electrons. The van der Waals surface area contributed by atoms with Crippen molar-refractivity contribution in [1.82, 2.24) is 0 Å². The molecule has 2 saturated carbocycles. The molecule has 0 aromatic heterocycles. The second-order valence-electron chi connectivity index (χ2n) is 9.10. The molecule has 3 atom stereocenters. The van der Waals surface area contributed by atoms with E-state index >= 15 is 0 Å². The Kier molecular flexibility index (Phi) is 4.34. The molecular formula is C21H32O3. The lowest BCUT2D eigenvalue weighted by atomic mass is 9.58. The van der Waals surface area contributed by atoms with Gasteiger partial charge in [-0.2, -0.15) is 0 Å². The zero-order chi connectivity index (χ0) is 17.7. The summed E-state index contributed by atoms with van der Waals surface area (Å²) in [7, 11) is 0. The highest BCUT2D eigenvalue weighted by Crippen LogP contribution is 2.56. The monoisotopic (exact) mass is 332 g/mol. The van der Waals surface area contributed by atoms with Gasteiger partial charge >= 0.3 is 5.97 Å². The molecule has 0 N–H and O–H groups in total. The number of fused-ring (bicyclic) bond motifs is 1. The summed E-state index contributed by atoms with van der Waals surface area (Å²) in [5.41, 5.74) is 4.91. The fourth-order valence-corrected chi connectivity index (χ4v) is 5.60. The van der Waals surface area contributed by atoms with E-state index in [1.165, 1.54) is 31.8 Å². The van der Waals surface area contributed by atoms with Gasteiger partial charge in [-0.1, -0.05) is 38.8 Å². The predicted molar refractivity (Wildman–Crippen MR) is 95.0 cm³/mol. The molecule has 2 fully saturated rings. The molecule has 2 aliphatic carbocycles. The second kappa shape index (κ2) is 5.93. The molecule has 3 heteroatoms. The van der Waals surface area contributed by atoms with Gasteiger partial charge in [0.1, 0.15) is 0 Å². The lowest BCUT2D eigenvalue weighted by Crippen LogP contribution is -2.44. The SMILES string of the molecule is CC(=O)O[C@H]1OC=C2CC[C@H](/C(C)=C3/CCCC3(C)C)C(C)(C)[C@@H]21. The van der Waals surface area contributed by atoms with Crippen molar-refractivity contribution in [1.29, 1.82) is 0 Å². The van der Waals surface area contributed by atoms with Crippen molar-refractivity contribution in [2.45, 2.75) is 79.9 Å². The summed E-state index contributed by atoms with van der Waals surface area (Å²) >= 11 is 0. The Morgan fingerprint density at radius 3 is 2.50 bits per heavy atom. The summed E-state index contributed by atoms with van der Waals surface area (Å²) in [5.74, 6) is 0.423. The van der Waals surface area contributed by atoms with Crippen LogP contribution in [0, 0.1) is 22.7 Å². The van der Waals surface area contributed by atoms with Crippen molar-refractivity contribution in [2.24, 2.45) is 22.7 Å². The summed E-state index contributed by atoms with van der Waals surface area (Å²) in [5, 5.41) is 0. The predicted octanol–water partition coefficient (Wildman–Crippen LogP) is 5.37. The van der Waals surface area contributed by atoms with E-state index in [0.29, 0.717) is 11.3 Å². The maximum Gasteiger partial charge on any atom is 0.305 e. The Morgan fingerprint density at radius 2 is 1.92 bits per heavy atom. The van der Waals surface area contributed by atoms with E-state index in [0.717, 1.165) is 12.8 Å². The van der Waals surface area contributed by atoms with E-state index in [1.54, 1.807) is 11.1 Å². The van der Waals surface area contributed by atoms with E-state index in [2.05, 4.69) is 34.6 Å². The molecular weight excluding hydrogens is 300 g/mol. The normalized spacial score (nSPS) is 35.8. The molecule has 0 aromatic rings. The number of rotatable bonds is 2. The molecule has 0 radical (unpaired) electrons. The highest BCUT2D eigenvalue weighted by Gasteiger charge is 2.52. The number of hydrogen-bond donors (Lipinski definition) is 0. The zero-order valence-corrected chi connectivity index (χ0v) is 16.1. The van der Waals surface area contributed by atoms with Gasteiger partial charge in [-0.15, -0.1) is 0 Å². The van der Waals surface area contributed by atoms with E-state index < -0.39 is 6.29 Å². The smallest absolute Gasteiger partial charge is 0.305 e. The van der Waals surface area contributed by atoms with Crippen LogP contribution in [0.1, 0.15) is 73.6 Å². The van der Waals surface area contributed by atoms with Gasteiger partial charge in [0.25, 0.3) is 0 Å². The van der Waals surface area contributed by atoms with Crippen LogP contribution >= 0.6 is 0 Å². The van der Waals surface area contributed by atoms with Gasteiger partial charge < -0.3 is 9.47 Å². The van der Waals surface area contributed by atoms with Gasteiger partial charge in [-0.25, -0.2) is 0 Å². The third-order valence-corrected chi connectivity index (χ3v) is 6.77. The lowest BCUT2D eigenvalue weighted by Gasteiger charge is -2.47. The minimum absolute atomic E-state index is 0.0243. The van der Waals surface area contributed by atoms with Gasteiger partial charge in [0.2, 0.25) is 6.29 Å². The Hall–Kier alpha value is -1.25. The molecule has 24 heavy (non-hydrogen) atoms. The van der Waals surface area contributed by atoms with Crippen molar-refractivity contribution >= 4 is 5.97 Å². The summed E-state index contributed by atoms with van der Waals surface area (Å²) in [6.45, 7) is 13.2. The Morgan fingerprint density at radius 1 is 1.21 bits per heavy atom. The Bertz CT molecular complexity index is 594. The first-order valence-electron chi connectivity index (χ1n) is 9.36. The number of carbonyl (C=O) groups is 1. The molecule has 0 saturated heterocycles. The summed E-state index contributed by atoms with van der Waals surface area (Å²) in [6.07, 6.45) is 7.44. The summed E-state index contributed by atoms with van der Waals surface area (Å²) in [6, 6.07) is 0. The van der Waals surface area contributed by atoms with Gasteiger partial charge in [-0.3, -0.25) is 4.79 Å². The fraction of sp³-hybridized carbons (Fsp3) is 0.762. The molecule has 1 aliphatic heterocycles. The average molecular weight is 332 g/mol. The molecule has 3 nitrogen and oxygen atoms in total. The second-order valence-corrected chi connectivity index (χ2v) is 9.10. The molecule has 0 spiro atoms. The fourth-order valence-electron chi connectivity index (χ4n) is 5.60. The zero-order valence-electron chi connectivity index (χ0n) is 16.1. The van der Waals surface area contributed by atoms with Gasteiger partial charge in [0.05, 0.1) is 12.2 Å². The van der Waals surface area contributed by atoms with Crippen LogP contribution in [-0.4, -0.2) is 12.3 Å². The highest BCUT2D eigenvalue weighted by atomic mass is 16.7. The first kappa shape index (κ1) is 17.6. The highest BCUT2D eigenvalue weighted by molar-refractivity contribution is 5.66. The molecule has 1 heterocycles. The van der Waals surface area contributed by atoms with Gasteiger partial charge in [0, 0.05) is 6.92 Å². The van der Waals surface area contributed by atoms with Gasteiger partial charge in [0.15, 0.2) is 0 Å². The summed E-state index contributed by atoms with van der Waals surface area (Å²) in [4.78, 5) is 11.5. The number of esters is 1. The van der Waals surface area contributed by atoms with E-state index in [1.807, 2.05) is 6.26 Å². The van der Waals surface area contributed by atoms with E-state index in [-0.39, 0.29) is 17.3 Å². The minimum Gasteiger partial charge on any atom is -0.462 e. The maximum atomic E-state index is 11.5. The molecule has 0 aromatic carbocycles.